The van der Waals surface area contributed by atoms with Gasteiger partial charge in [0, 0.05) is 29.2 Å². The van der Waals surface area contributed by atoms with Crippen molar-refractivity contribution in [2.45, 2.75) is 74.6 Å². The van der Waals surface area contributed by atoms with Crippen LogP contribution in [0.1, 0.15) is 72.0 Å². The van der Waals surface area contributed by atoms with Crippen LogP contribution in [0.25, 0.3) is 0 Å². The Hall–Kier alpha value is -2.64. The summed E-state index contributed by atoms with van der Waals surface area (Å²) in [6, 6.07) is 14.1. The van der Waals surface area contributed by atoms with E-state index in [1.54, 1.807) is 16.7 Å². The van der Waals surface area contributed by atoms with Crippen LogP contribution in [0.4, 0.5) is 0 Å². The molecule has 1 aliphatic carbocycles. The van der Waals surface area contributed by atoms with Gasteiger partial charge in [0.2, 0.25) is 11.8 Å². The largest absolute Gasteiger partial charge is 0.322 e. The number of benzene rings is 2. The maximum Gasteiger partial charge on any atom is 0.255 e. The van der Waals surface area contributed by atoms with Crippen LogP contribution >= 0.6 is 11.8 Å². The monoisotopic (exact) mass is 505 g/mol. The van der Waals surface area contributed by atoms with E-state index in [4.69, 9.17) is 0 Å². The highest BCUT2D eigenvalue weighted by molar-refractivity contribution is 7.98. The van der Waals surface area contributed by atoms with Gasteiger partial charge < -0.3 is 10.2 Å². The van der Waals surface area contributed by atoms with Crippen LogP contribution in [0.15, 0.2) is 47.4 Å². The average molecular weight is 506 g/mol. The minimum Gasteiger partial charge on any atom is -0.322 e. The van der Waals surface area contributed by atoms with Gasteiger partial charge in [-0.3, -0.25) is 19.7 Å². The average Bonchev–Trinajstić information content (AvgIpc) is 3.23. The zero-order chi connectivity index (χ0) is 24.9. The number of carbonyl (C=O) groups excluding carboxylic acids is 3. The molecule has 7 heteroatoms. The molecular weight excluding hydrogens is 470 g/mol. The predicted octanol–water partition coefficient (Wildman–Crippen LogP) is 4.45. The summed E-state index contributed by atoms with van der Waals surface area (Å²) in [5.41, 5.74) is 4.26. The second-order valence-corrected chi connectivity index (χ2v) is 11.3. The molecule has 2 aliphatic heterocycles. The Morgan fingerprint density at radius 1 is 0.944 bits per heavy atom. The first-order valence-corrected chi connectivity index (χ1v) is 14.2. The summed E-state index contributed by atoms with van der Waals surface area (Å²) in [6.45, 7) is 2.59. The van der Waals surface area contributed by atoms with E-state index in [2.05, 4.69) is 41.0 Å². The van der Waals surface area contributed by atoms with Gasteiger partial charge in [-0.05, 0) is 73.5 Å². The molecule has 1 atom stereocenters. The van der Waals surface area contributed by atoms with Gasteiger partial charge in [-0.15, -0.1) is 11.8 Å². The van der Waals surface area contributed by atoms with E-state index in [-0.39, 0.29) is 24.1 Å². The molecule has 0 spiro atoms. The van der Waals surface area contributed by atoms with Crippen molar-refractivity contribution >= 4 is 29.5 Å². The summed E-state index contributed by atoms with van der Waals surface area (Å²) in [4.78, 5) is 39.6. The summed E-state index contributed by atoms with van der Waals surface area (Å²) in [5, 5.41) is 6.02. The van der Waals surface area contributed by atoms with Crippen LogP contribution in [-0.2, 0) is 28.3 Å². The number of carbonyl (C=O) groups is 3. The van der Waals surface area contributed by atoms with Crippen molar-refractivity contribution in [3.8, 4) is 0 Å². The highest BCUT2D eigenvalue weighted by Crippen LogP contribution is 2.35. The normalized spacial score (nSPS) is 20.5. The number of thioether (sulfide) groups is 1. The van der Waals surface area contributed by atoms with Crippen LogP contribution < -0.4 is 10.6 Å². The molecule has 36 heavy (non-hydrogen) atoms. The molecule has 0 aromatic heterocycles. The fourth-order valence-corrected chi connectivity index (χ4v) is 6.62. The van der Waals surface area contributed by atoms with Gasteiger partial charge in [0.05, 0.1) is 0 Å². The van der Waals surface area contributed by atoms with Crippen LogP contribution in [0.5, 0.6) is 0 Å². The van der Waals surface area contributed by atoms with Gasteiger partial charge in [0.15, 0.2) is 0 Å². The van der Waals surface area contributed by atoms with Crippen molar-refractivity contribution < 1.29 is 14.4 Å². The van der Waals surface area contributed by atoms with E-state index in [9.17, 15) is 14.4 Å². The number of amides is 3. The summed E-state index contributed by atoms with van der Waals surface area (Å²) < 4.78 is 0. The smallest absolute Gasteiger partial charge is 0.255 e. The second-order valence-electron chi connectivity index (χ2n) is 10.2. The second kappa shape index (κ2) is 11.6. The Morgan fingerprint density at radius 3 is 2.50 bits per heavy atom. The number of piperidine rings is 1. The molecule has 0 bridgehead atoms. The third-order valence-corrected chi connectivity index (χ3v) is 8.88. The number of imide groups is 1. The van der Waals surface area contributed by atoms with Crippen molar-refractivity contribution in [2.24, 2.45) is 5.92 Å². The summed E-state index contributed by atoms with van der Waals surface area (Å²) in [5.74, 6) is 0.931. The first-order valence-electron chi connectivity index (χ1n) is 13.3. The highest BCUT2D eigenvalue weighted by Gasteiger charge is 2.39. The van der Waals surface area contributed by atoms with Crippen molar-refractivity contribution in [1.29, 1.82) is 0 Å². The van der Waals surface area contributed by atoms with Crippen LogP contribution in [0, 0.1) is 5.92 Å². The predicted molar refractivity (Wildman–Crippen MR) is 142 cm³/mol. The Morgan fingerprint density at radius 2 is 1.72 bits per heavy atom. The molecule has 3 amide bonds. The lowest BCUT2D eigenvalue weighted by atomic mass is 9.89. The van der Waals surface area contributed by atoms with Crippen LogP contribution in [-0.4, -0.2) is 41.8 Å². The molecule has 1 unspecified atom stereocenters. The lowest BCUT2D eigenvalue weighted by molar-refractivity contribution is -0.136. The molecule has 2 heterocycles. The van der Waals surface area contributed by atoms with Crippen molar-refractivity contribution in [2.75, 3.05) is 13.1 Å². The fourth-order valence-electron chi connectivity index (χ4n) is 5.59. The number of rotatable bonds is 9. The Kier molecular flexibility index (Phi) is 8.07. The topological polar surface area (TPSA) is 78.5 Å². The maximum absolute atomic E-state index is 13.0. The first kappa shape index (κ1) is 25.0. The first-order chi connectivity index (χ1) is 17.6. The number of fused-ring (bicyclic) bond motifs is 1. The molecule has 1 saturated carbocycles. The minimum atomic E-state index is -0.579. The van der Waals surface area contributed by atoms with E-state index in [1.807, 2.05) is 12.1 Å². The molecule has 1 saturated heterocycles. The molecule has 2 aromatic carbocycles. The van der Waals surface area contributed by atoms with E-state index >= 15 is 0 Å². The van der Waals surface area contributed by atoms with Crippen molar-refractivity contribution in [3.05, 3.63) is 64.7 Å². The van der Waals surface area contributed by atoms with Crippen molar-refractivity contribution in [1.82, 2.24) is 15.5 Å². The fraction of sp³-hybridized carbons (Fsp3) is 0.483. The molecule has 190 valence electrons. The molecule has 2 N–H and O–H groups in total. The third kappa shape index (κ3) is 5.84. The van der Waals surface area contributed by atoms with Gasteiger partial charge in [-0.2, -0.15) is 0 Å². The van der Waals surface area contributed by atoms with Gasteiger partial charge in [0.1, 0.15) is 6.04 Å². The van der Waals surface area contributed by atoms with E-state index in [0.717, 1.165) is 41.6 Å². The Balaban J connectivity index is 1.13. The van der Waals surface area contributed by atoms with Crippen molar-refractivity contribution in [3.63, 3.8) is 0 Å². The standard InChI is InChI=1S/C29H35N3O3S/c33-27-14-13-25(28(34)31-27)32-18-24-23(29(32)35)7-4-8-26(24)36-19-22-11-9-20(10-12-22)15-16-30-17-21-5-2-1-3-6-21/h4,7-12,21,25,30H,1-3,5-6,13-19H2,(H,31,33,34). The quantitative estimate of drug-likeness (QED) is 0.299. The minimum absolute atomic E-state index is 0.122. The van der Waals surface area contributed by atoms with Crippen LogP contribution in [0.2, 0.25) is 0 Å². The molecule has 2 aromatic rings. The van der Waals surface area contributed by atoms with Gasteiger partial charge >= 0.3 is 0 Å². The van der Waals surface area contributed by atoms with Gasteiger partial charge in [-0.25, -0.2) is 0 Å². The zero-order valence-corrected chi connectivity index (χ0v) is 21.6. The Labute approximate surface area is 217 Å². The molecule has 2 fully saturated rings. The summed E-state index contributed by atoms with van der Waals surface area (Å²) in [6.07, 6.45) is 8.66. The Bertz CT molecular complexity index is 1110. The molecule has 3 aliphatic rings. The summed E-state index contributed by atoms with van der Waals surface area (Å²) in [7, 11) is 0. The molecule has 6 nitrogen and oxygen atoms in total. The molecule has 0 radical (unpaired) electrons. The van der Waals surface area contributed by atoms with Crippen LogP contribution in [0.3, 0.4) is 0 Å². The number of nitrogens with one attached hydrogen (secondary N) is 2. The van der Waals surface area contributed by atoms with E-state index in [0.29, 0.717) is 18.5 Å². The third-order valence-electron chi connectivity index (χ3n) is 7.70. The number of nitrogens with zero attached hydrogens (tertiary/aromatic N) is 1. The van der Waals surface area contributed by atoms with Gasteiger partial charge in [-0.1, -0.05) is 49.6 Å². The van der Waals surface area contributed by atoms with E-state index < -0.39 is 6.04 Å². The lowest BCUT2D eigenvalue weighted by Gasteiger charge is -2.29. The SMILES string of the molecule is O=C1CCC(N2Cc3c(SCc4ccc(CCNCC5CCCCC5)cc4)cccc3C2=O)C(=O)N1. The highest BCUT2D eigenvalue weighted by atomic mass is 32.2. The lowest BCUT2D eigenvalue weighted by Crippen LogP contribution is -2.52. The maximum atomic E-state index is 13.0. The molecule has 5 rings (SSSR count). The summed E-state index contributed by atoms with van der Waals surface area (Å²) >= 11 is 1.73. The van der Waals surface area contributed by atoms with E-state index in [1.165, 1.54) is 43.2 Å². The zero-order valence-electron chi connectivity index (χ0n) is 20.8. The number of hydrogen-bond donors (Lipinski definition) is 2. The molecular formula is C29H35N3O3S. The number of hydrogen-bond acceptors (Lipinski definition) is 5. The van der Waals surface area contributed by atoms with Gasteiger partial charge in [0.25, 0.3) is 5.91 Å².